The first kappa shape index (κ1) is 15.5. The Hall–Kier alpha value is -1.85. The summed E-state index contributed by atoms with van der Waals surface area (Å²) in [4.78, 5) is 6.74. The third kappa shape index (κ3) is 3.62. The van der Waals surface area contributed by atoms with Gasteiger partial charge in [-0.25, -0.2) is 0 Å². The number of aromatic hydroxyl groups is 2. The van der Waals surface area contributed by atoms with E-state index in [1.165, 1.54) is 30.5 Å². The molecule has 2 aromatic carbocycles. The molecule has 0 saturated heterocycles. The Kier molecular flexibility index (Phi) is 4.98. The van der Waals surface area contributed by atoms with Crippen LogP contribution in [0.4, 0.5) is 5.69 Å². The SMILES string of the molecule is CONc1cc(Sc2ccccc2C(C)C)cc(O)c1O. The molecule has 5 heteroatoms. The van der Waals surface area contributed by atoms with E-state index >= 15 is 0 Å². The first-order chi connectivity index (χ1) is 10.0. The molecule has 0 saturated carbocycles. The largest absolute Gasteiger partial charge is 0.504 e. The van der Waals surface area contributed by atoms with Gasteiger partial charge >= 0.3 is 0 Å². The second-order valence-corrected chi connectivity index (χ2v) is 6.05. The van der Waals surface area contributed by atoms with Crippen LogP contribution in [0.25, 0.3) is 0 Å². The van der Waals surface area contributed by atoms with Crippen molar-refractivity contribution in [2.75, 3.05) is 12.6 Å². The number of hydrogen-bond acceptors (Lipinski definition) is 5. The molecule has 112 valence electrons. The summed E-state index contributed by atoms with van der Waals surface area (Å²) in [5, 5.41) is 19.6. The van der Waals surface area contributed by atoms with Gasteiger partial charge in [0.15, 0.2) is 11.5 Å². The van der Waals surface area contributed by atoms with Gasteiger partial charge in [-0.15, -0.1) is 0 Å². The Morgan fingerprint density at radius 1 is 1.14 bits per heavy atom. The molecule has 3 N–H and O–H groups in total. The molecular weight excluding hydrogens is 286 g/mol. The number of anilines is 1. The van der Waals surface area contributed by atoms with Crippen LogP contribution < -0.4 is 5.48 Å². The molecule has 0 aliphatic rings. The van der Waals surface area contributed by atoms with Crippen molar-refractivity contribution < 1.29 is 15.1 Å². The summed E-state index contributed by atoms with van der Waals surface area (Å²) < 4.78 is 0. The van der Waals surface area contributed by atoms with Crippen molar-refractivity contribution >= 4 is 17.4 Å². The minimum atomic E-state index is -0.224. The molecule has 4 nitrogen and oxygen atoms in total. The number of phenolic OH excluding ortho intramolecular Hbond substituents is 2. The highest BCUT2D eigenvalue weighted by atomic mass is 32.2. The first-order valence-electron chi connectivity index (χ1n) is 6.64. The molecule has 0 fully saturated rings. The van der Waals surface area contributed by atoms with Gasteiger partial charge in [-0.3, -0.25) is 10.3 Å². The number of phenols is 2. The number of benzene rings is 2. The molecule has 0 atom stereocenters. The summed E-state index contributed by atoms with van der Waals surface area (Å²) in [6.07, 6.45) is 0. The fraction of sp³-hybridized carbons (Fsp3) is 0.250. The standard InChI is InChI=1S/C16H19NO3S/c1-10(2)12-6-4-5-7-15(12)21-11-8-13(17-20-3)16(19)14(18)9-11/h4-10,17-19H,1-3H3. The van der Waals surface area contributed by atoms with Crippen LogP contribution in [0.5, 0.6) is 11.5 Å². The Morgan fingerprint density at radius 3 is 2.52 bits per heavy atom. The lowest BCUT2D eigenvalue weighted by Gasteiger charge is -2.14. The zero-order valence-electron chi connectivity index (χ0n) is 12.3. The van der Waals surface area contributed by atoms with Gasteiger partial charge in [0, 0.05) is 9.79 Å². The van der Waals surface area contributed by atoms with Gasteiger partial charge in [-0.05, 0) is 29.7 Å². The fourth-order valence-corrected chi connectivity index (χ4v) is 3.19. The van der Waals surface area contributed by atoms with Crippen molar-refractivity contribution in [3.63, 3.8) is 0 Å². The predicted molar refractivity (Wildman–Crippen MR) is 85.1 cm³/mol. The van der Waals surface area contributed by atoms with Crippen molar-refractivity contribution in [1.29, 1.82) is 0 Å². The van der Waals surface area contributed by atoms with Crippen molar-refractivity contribution in [2.24, 2.45) is 0 Å². The van der Waals surface area contributed by atoms with Gasteiger partial charge in [0.25, 0.3) is 0 Å². The van der Waals surface area contributed by atoms with Crippen LogP contribution in [0, 0.1) is 0 Å². The highest BCUT2D eigenvalue weighted by Crippen LogP contribution is 2.41. The second kappa shape index (κ2) is 6.74. The van der Waals surface area contributed by atoms with Crippen molar-refractivity contribution in [2.45, 2.75) is 29.6 Å². The highest BCUT2D eigenvalue weighted by Gasteiger charge is 2.12. The van der Waals surface area contributed by atoms with Crippen LogP contribution in [0.1, 0.15) is 25.3 Å². The predicted octanol–water partition coefficient (Wildman–Crippen LogP) is 4.35. The number of hydrogen-bond donors (Lipinski definition) is 3. The lowest BCUT2D eigenvalue weighted by Crippen LogP contribution is -1.96. The Bertz CT molecular complexity index is 629. The van der Waals surface area contributed by atoms with Gasteiger partial charge in [-0.1, -0.05) is 43.8 Å². The van der Waals surface area contributed by atoms with E-state index in [0.29, 0.717) is 11.6 Å². The Balaban J connectivity index is 2.36. The summed E-state index contributed by atoms with van der Waals surface area (Å²) in [6, 6.07) is 11.4. The zero-order chi connectivity index (χ0) is 15.4. The van der Waals surface area contributed by atoms with Gasteiger partial charge < -0.3 is 10.2 Å². The maximum absolute atomic E-state index is 9.81. The van der Waals surface area contributed by atoms with Crippen LogP contribution in [0.2, 0.25) is 0 Å². The normalized spacial score (nSPS) is 10.9. The molecule has 0 aliphatic heterocycles. The average Bonchev–Trinajstić information content (AvgIpc) is 2.45. The van der Waals surface area contributed by atoms with Gasteiger partial charge in [0.1, 0.15) is 5.69 Å². The van der Waals surface area contributed by atoms with Gasteiger partial charge in [0.05, 0.1) is 7.11 Å². The summed E-state index contributed by atoms with van der Waals surface area (Å²) >= 11 is 1.54. The van der Waals surface area contributed by atoms with Crippen LogP contribution in [0.3, 0.4) is 0 Å². The monoisotopic (exact) mass is 305 g/mol. The van der Waals surface area contributed by atoms with Crippen LogP contribution in [0.15, 0.2) is 46.2 Å². The quantitative estimate of drug-likeness (QED) is 0.566. The molecule has 0 spiro atoms. The maximum atomic E-state index is 9.81. The van der Waals surface area contributed by atoms with Gasteiger partial charge in [-0.2, -0.15) is 0 Å². The van der Waals surface area contributed by atoms with E-state index in [0.717, 1.165) is 9.79 Å². The van der Waals surface area contributed by atoms with Crippen molar-refractivity contribution in [1.82, 2.24) is 0 Å². The van der Waals surface area contributed by atoms with Crippen molar-refractivity contribution in [3.8, 4) is 11.5 Å². The summed E-state index contributed by atoms with van der Waals surface area (Å²) in [7, 11) is 1.45. The Morgan fingerprint density at radius 2 is 1.86 bits per heavy atom. The van der Waals surface area contributed by atoms with Crippen molar-refractivity contribution in [3.05, 3.63) is 42.0 Å². The van der Waals surface area contributed by atoms with Crippen LogP contribution in [-0.2, 0) is 4.84 Å². The third-order valence-electron chi connectivity index (χ3n) is 3.04. The van der Waals surface area contributed by atoms with E-state index < -0.39 is 0 Å². The summed E-state index contributed by atoms with van der Waals surface area (Å²) in [5.41, 5.74) is 4.14. The molecule has 0 heterocycles. The molecule has 0 aromatic heterocycles. The Labute approximate surface area is 128 Å². The molecular formula is C16H19NO3S. The van der Waals surface area contributed by atoms with E-state index in [9.17, 15) is 10.2 Å². The molecule has 2 rings (SSSR count). The van der Waals surface area contributed by atoms with Crippen LogP contribution >= 0.6 is 11.8 Å². The van der Waals surface area contributed by atoms with E-state index in [1.807, 2.05) is 18.2 Å². The first-order valence-corrected chi connectivity index (χ1v) is 7.46. The summed E-state index contributed by atoms with van der Waals surface area (Å²) in [6.45, 7) is 4.29. The average molecular weight is 305 g/mol. The van der Waals surface area contributed by atoms with E-state index in [1.54, 1.807) is 6.07 Å². The zero-order valence-corrected chi connectivity index (χ0v) is 13.1. The van der Waals surface area contributed by atoms with E-state index in [-0.39, 0.29) is 11.5 Å². The summed E-state index contributed by atoms with van der Waals surface area (Å²) in [5.74, 6) is 0.0101. The number of nitrogens with one attached hydrogen (secondary N) is 1. The third-order valence-corrected chi connectivity index (χ3v) is 4.11. The maximum Gasteiger partial charge on any atom is 0.183 e. The molecule has 0 amide bonds. The molecule has 0 unspecified atom stereocenters. The fourth-order valence-electron chi connectivity index (χ4n) is 2.02. The lowest BCUT2D eigenvalue weighted by molar-refractivity contribution is 0.267. The number of rotatable bonds is 5. The van der Waals surface area contributed by atoms with Crippen LogP contribution in [-0.4, -0.2) is 17.3 Å². The van der Waals surface area contributed by atoms with Gasteiger partial charge in [0.2, 0.25) is 0 Å². The second-order valence-electron chi connectivity index (χ2n) is 4.94. The molecule has 2 aromatic rings. The minimum Gasteiger partial charge on any atom is -0.504 e. The van der Waals surface area contributed by atoms with E-state index in [4.69, 9.17) is 4.84 Å². The lowest BCUT2D eigenvalue weighted by atomic mass is 10.0. The smallest absolute Gasteiger partial charge is 0.183 e. The molecule has 0 bridgehead atoms. The molecule has 21 heavy (non-hydrogen) atoms. The topological polar surface area (TPSA) is 61.7 Å². The highest BCUT2D eigenvalue weighted by molar-refractivity contribution is 7.99. The molecule has 0 aliphatic carbocycles. The minimum absolute atomic E-state index is 0.179. The van der Waals surface area contributed by atoms with E-state index in [2.05, 4.69) is 25.4 Å². The molecule has 0 radical (unpaired) electrons.